The van der Waals surface area contributed by atoms with Gasteiger partial charge in [0.1, 0.15) is 0 Å². The summed E-state index contributed by atoms with van der Waals surface area (Å²) in [5, 5.41) is 3.46. The Balaban J connectivity index is 1.92. The van der Waals surface area contributed by atoms with Crippen molar-refractivity contribution < 1.29 is 4.74 Å². The summed E-state index contributed by atoms with van der Waals surface area (Å²) in [7, 11) is 0. The predicted molar refractivity (Wildman–Crippen MR) is 62.1 cm³/mol. The lowest BCUT2D eigenvalue weighted by molar-refractivity contribution is -0.0248. The van der Waals surface area contributed by atoms with Gasteiger partial charge in [0.15, 0.2) is 0 Å². The van der Waals surface area contributed by atoms with Crippen LogP contribution in [0.25, 0.3) is 0 Å². The zero-order valence-electron chi connectivity index (χ0n) is 10.0. The Kier molecular flexibility index (Phi) is 4.00. The Hall–Kier alpha value is -0.120. The van der Waals surface area contributed by atoms with Crippen molar-refractivity contribution in [2.75, 3.05) is 26.2 Å². The first-order valence-corrected chi connectivity index (χ1v) is 6.39. The topological polar surface area (TPSA) is 24.5 Å². The van der Waals surface area contributed by atoms with Crippen LogP contribution in [0.3, 0.4) is 0 Å². The van der Waals surface area contributed by atoms with Crippen LogP contribution in [0.1, 0.15) is 33.1 Å². The molecule has 2 heterocycles. The van der Waals surface area contributed by atoms with E-state index in [0.29, 0.717) is 6.10 Å². The Morgan fingerprint density at radius 2 is 2.20 bits per heavy atom. The highest BCUT2D eigenvalue weighted by Crippen LogP contribution is 2.22. The number of ether oxygens (including phenoxy) is 1. The second-order valence-corrected chi connectivity index (χ2v) is 4.84. The van der Waals surface area contributed by atoms with Crippen LogP contribution >= 0.6 is 0 Å². The van der Waals surface area contributed by atoms with E-state index >= 15 is 0 Å². The van der Waals surface area contributed by atoms with Crippen LogP contribution in [0.15, 0.2) is 0 Å². The fraction of sp³-hybridized carbons (Fsp3) is 1.00. The van der Waals surface area contributed by atoms with Crippen LogP contribution in [-0.4, -0.2) is 49.3 Å². The highest BCUT2D eigenvalue weighted by atomic mass is 16.5. The van der Waals surface area contributed by atoms with Gasteiger partial charge in [0.05, 0.1) is 6.10 Å². The van der Waals surface area contributed by atoms with E-state index in [1.165, 1.54) is 38.9 Å². The van der Waals surface area contributed by atoms with Crippen molar-refractivity contribution in [3.05, 3.63) is 0 Å². The van der Waals surface area contributed by atoms with E-state index in [9.17, 15) is 0 Å². The van der Waals surface area contributed by atoms with Crippen molar-refractivity contribution in [3.63, 3.8) is 0 Å². The predicted octanol–water partition coefficient (Wildman–Crippen LogP) is 1.24. The van der Waals surface area contributed by atoms with Gasteiger partial charge in [0, 0.05) is 25.2 Å². The summed E-state index contributed by atoms with van der Waals surface area (Å²) >= 11 is 0. The van der Waals surface area contributed by atoms with Crippen molar-refractivity contribution in [2.45, 2.75) is 51.3 Å². The molecule has 0 aromatic rings. The maximum absolute atomic E-state index is 5.62. The van der Waals surface area contributed by atoms with Gasteiger partial charge in [0.25, 0.3) is 0 Å². The van der Waals surface area contributed by atoms with Crippen molar-refractivity contribution in [1.82, 2.24) is 10.2 Å². The van der Waals surface area contributed by atoms with E-state index in [4.69, 9.17) is 4.74 Å². The lowest BCUT2D eigenvalue weighted by atomic mass is 10.00. The van der Waals surface area contributed by atoms with Gasteiger partial charge in [-0.05, 0) is 39.3 Å². The zero-order valence-corrected chi connectivity index (χ0v) is 10.0. The molecule has 0 spiro atoms. The first-order chi connectivity index (χ1) is 7.31. The Morgan fingerprint density at radius 1 is 1.33 bits per heavy atom. The summed E-state index contributed by atoms with van der Waals surface area (Å²) < 4.78 is 5.62. The maximum atomic E-state index is 5.62. The van der Waals surface area contributed by atoms with Crippen LogP contribution in [0.5, 0.6) is 0 Å². The second-order valence-electron chi connectivity index (χ2n) is 4.84. The van der Waals surface area contributed by atoms with Gasteiger partial charge >= 0.3 is 0 Å². The molecule has 0 radical (unpaired) electrons. The molecule has 2 rings (SSSR count). The third-order valence-corrected chi connectivity index (χ3v) is 3.79. The Morgan fingerprint density at radius 3 is 2.80 bits per heavy atom. The summed E-state index contributed by atoms with van der Waals surface area (Å²) in [5.74, 6) is 0. The normalized spacial score (nSPS) is 37.4. The van der Waals surface area contributed by atoms with Gasteiger partial charge in [-0.2, -0.15) is 0 Å². The highest BCUT2D eigenvalue weighted by molar-refractivity contribution is 4.86. The molecule has 3 nitrogen and oxygen atoms in total. The van der Waals surface area contributed by atoms with Gasteiger partial charge in [-0.25, -0.2) is 0 Å². The van der Waals surface area contributed by atoms with Crippen molar-refractivity contribution in [2.24, 2.45) is 0 Å². The molecule has 0 aliphatic carbocycles. The Labute approximate surface area is 93.2 Å². The average Bonchev–Trinajstić information content (AvgIpc) is 2.72. The molecule has 3 atom stereocenters. The van der Waals surface area contributed by atoms with Gasteiger partial charge in [-0.3, -0.25) is 4.90 Å². The molecule has 0 aromatic heterocycles. The molecular weight excluding hydrogens is 188 g/mol. The molecule has 2 saturated heterocycles. The van der Waals surface area contributed by atoms with Crippen molar-refractivity contribution in [1.29, 1.82) is 0 Å². The SMILES string of the molecule is CCN(C1CCNC1)C1CCOC(C)C1. The minimum Gasteiger partial charge on any atom is -0.378 e. The van der Waals surface area contributed by atoms with E-state index in [0.717, 1.165) is 18.7 Å². The van der Waals surface area contributed by atoms with Crippen molar-refractivity contribution in [3.8, 4) is 0 Å². The standard InChI is InChI=1S/C12H24N2O/c1-3-14(12-4-6-13-9-12)11-5-7-15-10(2)8-11/h10-13H,3-9H2,1-2H3. The fourth-order valence-corrected chi connectivity index (χ4v) is 3.01. The minimum absolute atomic E-state index is 0.451. The highest BCUT2D eigenvalue weighted by Gasteiger charge is 2.30. The molecule has 3 unspecified atom stereocenters. The van der Waals surface area contributed by atoms with Crippen molar-refractivity contribution >= 4 is 0 Å². The van der Waals surface area contributed by atoms with E-state index in [1.54, 1.807) is 0 Å². The molecule has 2 aliphatic heterocycles. The number of nitrogens with one attached hydrogen (secondary N) is 1. The number of hydrogen-bond donors (Lipinski definition) is 1. The molecule has 3 heteroatoms. The van der Waals surface area contributed by atoms with Crippen LogP contribution in [0, 0.1) is 0 Å². The average molecular weight is 212 g/mol. The monoisotopic (exact) mass is 212 g/mol. The van der Waals surface area contributed by atoms with Crippen LogP contribution in [-0.2, 0) is 4.74 Å². The van der Waals surface area contributed by atoms with Crippen LogP contribution in [0.2, 0.25) is 0 Å². The molecule has 15 heavy (non-hydrogen) atoms. The number of rotatable bonds is 3. The third-order valence-electron chi connectivity index (χ3n) is 3.79. The molecule has 1 N–H and O–H groups in total. The van der Waals surface area contributed by atoms with Gasteiger partial charge in [-0.15, -0.1) is 0 Å². The molecule has 0 aromatic carbocycles. The summed E-state index contributed by atoms with van der Waals surface area (Å²) in [6, 6.07) is 1.52. The Bertz CT molecular complexity index is 192. The molecular formula is C12H24N2O. The number of nitrogens with zero attached hydrogens (tertiary/aromatic N) is 1. The summed E-state index contributed by atoms with van der Waals surface area (Å²) in [5.41, 5.74) is 0. The summed E-state index contributed by atoms with van der Waals surface area (Å²) in [6.07, 6.45) is 4.20. The zero-order chi connectivity index (χ0) is 10.7. The van der Waals surface area contributed by atoms with Crippen LogP contribution in [0.4, 0.5) is 0 Å². The lowest BCUT2D eigenvalue weighted by Crippen LogP contribution is -2.47. The second kappa shape index (κ2) is 5.28. The van der Waals surface area contributed by atoms with Gasteiger partial charge < -0.3 is 10.1 Å². The molecule has 88 valence electrons. The number of hydrogen-bond acceptors (Lipinski definition) is 3. The van der Waals surface area contributed by atoms with E-state index in [2.05, 4.69) is 24.1 Å². The number of likely N-dealkylation sites (N-methyl/N-ethyl adjacent to an activating group) is 1. The summed E-state index contributed by atoms with van der Waals surface area (Å²) in [4.78, 5) is 2.69. The quantitative estimate of drug-likeness (QED) is 0.762. The molecule has 0 bridgehead atoms. The van der Waals surface area contributed by atoms with E-state index in [-0.39, 0.29) is 0 Å². The molecule has 2 aliphatic rings. The molecule has 0 saturated carbocycles. The lowest BCUT2D eigenvalue weighted by Gasteiger charge is -2.39. The van der Waals surface area contributed by atoms with E-state index < -0.39 is 0 Å². The molecule has 2 fully saturated rings. The van der Waals surface area contributed by atoms with Gasteiger partial charge in [0.2, 0.25) is 0 Å². The summed E-state index contributed by atoms with van der Waals surface area (Å²) in [6.45, 7) is 9.00. The van der Waals surface area contributed by atoms with E-state index in [1.807, 2.05) is 0 Å². The molecule has 0 amide bonds. The maximum Gasteiger partial charge on any atom is 0.0561 e. The van der Waals surface area contributed by atoms with Gasteiger partial charge in [-0.1, -0.05) is 6.92 Å². The largest absolute Gasteiger partial charge is 0.378 e. The first-order valence-electron chi connectivity index (χ1n) is 6.39. The minimum atomic E-state index is 0.451. The third kappa shape index (κ3) is 2.71. The van der Waals surface area contributed by atoms with Crippen LogP contribution < -0.4 is 5.32 Å². The smallest absolute Gasteiger partial charge is 0.0561 e. The fourth-order valence-electron chi connectivity index (χ4n) is 3.01. The first kappa shape index (κ1) is 11.4.